The molecule has 0 aromatic carbocycles. The van der Waals surface area contributed by atoms with Gasteiger partial charge in [0.1, 0.15) is 5.60 Å². The van der Waals surface area contributed by atoms with Gasteiger partial charge in [-0.25, -0.2) is 4.79 Å². The third-order valence-electron chi connectivity index (χ3n) is 2.74. The largest absolute Gasteiger partial charge is 0.444 e. The second kappa shape index (κ2) is 6.12. The fraction of sp³-hybridized carbons (Fsp3) is 0.923. The first-order valence-corrected chi connectivity index (χ1v) is 6.24. The zero-order chi connectivity index (χ0) is 12.9. The minimum atomic E-state index is -0.420. The first kappa shape index (κ1) is 15.3. The Morgan fingerprint density at radius 3 is 1.75 bits per heavy atom. The minimum Gasteiger partial charge on any atom is -0.444 e. The van der Waals surface area contributed by atoms with Gasteiger partial charge < -0.3 is 9.64 Å². The van der Waals surface area contributed by atoms with Crippen molar-refractivity contribution in [1.82, 2.24) is 4.90 Å². The van der Waals surface area contributed by atoms with Gasteiger partial charge in [0.05, 0.1) is 0 Å². The van der Waals surface area contributed by atoms with Gasteiger partial charge >= 0.3 is 6.09 Å². The average molecular weight is 229 g/mol. The van der Waals surface area contributed by atoms with Crippen molar-refractivity contribution in [2.24, 2.45) is 0 Å². The summed E-state index contributed by atoms with van der Waals surface area (Å²) >= 11 is 0. The molecular formula is C13H27NO2. The van der Waals surface area contributed by atoms with Gasteiger partial charge in [0, 0.05) is 12.1 Å². The zero-order valence-electron chi connectivity index (χ0n) is 11.8. The molecule has 0 heterocycles. The SMILES string of the molecule is CCC(C)N(C(=O)OC(C)(C)C)C(C)CC. The molecule has 0 saturated heterocycles. The Hall–Kier alpha value is -0.730. The summed E-state index contributed by atoms with van der Waals surface area (Å²) < 4.78 is 5.43. The number of nitrogens with zero attached hydrogens (tertiary/aromatic N) is 1. The van der Waals surface area contributed by atoms with Crippen molar-refractivity contribution in [1.29, 1.82) is 0 Å². The fourth-order valence-electron chi connectivity index (χ4n) is 1.50. The van der Waals surface area contributed by atoms with E-state index in [4.69, 9.17) is 4.74 Å². The predicted molar refractivity (Wildman–Crippen MR) is 67.6 cm³/mol. The molecule has 0 aliphatic heterocycles. The molecule has 0 aromatic rings. The van der Waals surface area contributed by atoms with E-state index in [2.05, 4.69) is 27.7 Å². The standard InChI is InChI=1S/C13H27NO2/c1-8-10(3)14(11(4)9-2)12(15)16-13(5,6)7/h10-11H,8-9H2,1-7H3. The smallest absolute Gasteiger partial charge is 0.410 e. The molecule has 2 atom stereocenters. The van der Waals surface area contributed by atoms with Gasteiger partial charge in [-0.3, -0.25) is 0 Å². The van der Waals surface area contributed by atoms with Crippen molar-refractivity contribution < 1.29 is 9.53 Å². The number of ether oxygens (including phenoxy) is 1. The van der Waals surface area contributed by atoms with Crippen molar-refractivity contribution in [3.05, 3.63) is 0 Å². The van der Waals surface area contributed by atoms with Crippen molar-refractivity contribution in [3.63, 3.8) is 0 Å². The van der Waals surface area contributed by atoms with Crippen LogP contribution in [0.3, 0.4) is 0 Å². The van der Waals surface area contributed by atoms with Gasteiger partial charge in [-0.05, 0) is 47.5 Å². The first-order chi connectivity index (χ1) is 7.22. The molecule has 0 fully saturated rings. The highest BCUT2D eigenvalue weighted by molar-refractivity contribution is 5.68. The van der Waals surface area contributed by atoms with Crippen LogP contribution in [-0.2, 0) is 4.74 Å². The van der Waals surface area contributed by atoms with Crippen LogP contribution in [0.4, 0.5) is 4.79 Å². The molecule has 0 N–H and O–H groups in total. The van der Waals surface area contributed by atoms with E-state index < -0.39 is 5.60 Å². The number of hydrogen-bond acceptors (Lipinski definition) is 2. The lowest BCUT2D eigenvalue weighted by atomic mass is 10.1. The number of carbonyl (C=O) groups excluding carboxylic acids is 1. The van der Waals surface area contributed by atoms with E-state index in [0.717, 1.165) is 12.8 Å². The van der Waals surface area contributed by atoms with Crippen molar-refractivity contribution in [2.45, 2.75) is 79.0 Å². The molecule has 0 saturated carbocycles. The van der Waals surface area contributed by atoms with Crippen LogP contribution >= 0.6 is 0 Å². The molecule has 0 aliphatic carbocycles. The molecule has 0 bridgehead atoms. The minimum absolute atomic E-state index is 0.198. The summed E-state index contributed by atoms with van der Waals surface area (Å²) in [5, 5.41) is 0. The molecule has 0 aliphatic rings. The molecule has 2 unspecified atom stereocenters. The number of rotatable bonds is 4. The van der Waals surface area contributed by atoms with E-state index in [0.29, 0.717) is 0 Å². The van der Waals surface area contributed by atoms with Crippen LogP contribution < -0.4 is 0 Å². The van der Waals surface area contributed by atoms with E-state index in [9.17, 15) is 4.79 Å². The third-order valence-corrected chi connectivity index (χ3v) is 2.74. The van der Waals surface area contributed by atoms with Crippen LogP contribution in [0.1, 0.15) is 61.3 Å². The van der Waals surface area contributed by atoms with Gasteiger partial charge in [-0.1, -0.05) is 13.8 Å². The van der Waals surface area contributed by atoms with Crippen molar-refractivity contribution >= 4 is 6.09 Å². The monoisotopic (exact) mass is 229 g/mol. The lowest BCUT2D eigenvalue weighted by Gasteiger charge is -2.35. The quantitative estimate of drug-likeness (QED) is 0.733. The molecule has 96 valence electrons. The normalized spacial score (nSPS) is 15.4. The second-order valence-corrected chi connectivity index (χ2v) is 5.40. The van der Waals surface area contributed by atoms with E-state index >= 15 is 0 Å². The van der Waals surface area contributed by atoms with Gasteiger partial charge in [-0.2, -0.15) is 0 Å². The number of amides is 1. The van der Waals surface area contributed by atoms with Crippen LogP contribution in [-0.4, -0.2) is 28.7 Å². The summed E-state index contributed by atoms with van der Waals surface area (Å²) in [6.07, 6.45) is 1.70. The summed E-state index contributed by atoms with van der Waals surface area (Å²) in [5.41, 5.74) is -0.420. The second-order valence-electron chi connectivity index (χ2n) is 5.40. The summed E-state index contributed by atoms with van der Waals surface area (Å²) in [7, 11) is 0. The number of hydrogen-bond donors (Lipinski definition) is 0. The lowest BCUT2D eigenvalue weighted by molar-refractivity contribution is 0.00776. The Balaban J connectivity index is 4.70. The molecular weight excluding hydrogens is 202 g/mol. The lowest BCUT2D eigenvalue weighted by Crippen LogP contribution is -2.46. The Labute approximate surface area is 100 Å². The summed E-state index contributed by atoms with van der Waals surface area (Å²) in [4.78, 5) is 13.9. The Bertz CT molecular complexity index is 210. The molecule has 3 heteroatoms. The summed E-state index contributed by atoms with van der Waals surface area (Å²) in [6, 6.07) is 0.453. The Kier molecular flexibility index (Phi) is 5.84. The molecule has 16 heavy (non-hydrogen) atoms. The van der Waals surface area contributed by atoms with Gasteiger partial charge in [0.15, 0.2) is 0 Å². The van der Waals surface area contributed by atoms with E-state index in [1.165, 1.54) is 0 Å². The highest BCUT2D eigenvalue weighted by Gasteiger charge is 2.28. The summed E-state index contributed by atoms with van der Waals surface area (Å²) in [5.74, 6) is 0. The van der Waals surface area contributed by atoms with Crippen LogP contribution in [0, 0.1) is 0 Å². The summed E-state index contributed by atoms with van der Waals surface area (Å²) in [6.45, 7) is 14.0. The van der Waals surface area contributed by atoms with E-state index in [-0.39, 0.29) is 18.2 Å². The molecule has 3 nitrogen and oxygen atoms in total. The topological polar surface area (TPSA) is 29.5 Å². The van der Waals surface area contributed by atoms with Crippen LogP contribution in [0.15, 0.2) is 0 Å². The van der Waals surface area contributed by atoms with Crippen LogP contribution in [0.25, 0.3) is 0 Å². The predicted octanol–water partition coefficient (Wildman–Crippen LogP) is 3.82. The molecule has 0 radical (unpaired) electrons. The first-order valence-electron chi connectivity index (χ1n) is 6.24. The average Bonchev–Trinajstić information content (AvgIpc) is 2.14. The third kappa shape index (κ3) is 4.86. The highest BCUT2D eigenvalue weighted by Crippen LogP contribution is 2.17. The fourth-order valence-corrected chi connectivity index (χ4v) is 1.50. The van der Waals surface area contributed by atoms with Crippen LogP contribution in [0.2, 0.25) is 0 Å². The molecule has 0 aromatic heterocycles. The maximum atomic E-state index is 12.1. The van der Waals surface area contributed by atoms with E-state index in [1.54, 1.807) is 0 Å². The zero-order valence-corrected chi connectivity index (χ0v) is 11.8. The van der Waals surface area contributed by atoms with Crippen molar-refractivity contribution in [3.8, 4) is 0 Å². The Morgan fingerprint density at radius 1 is 1.12 bits per heavy atom. The van der Waals surface area contributed by atoms with E-state index in [1.807, 2.05) is 25.7 Å². The van der Waals surface area contributed by atoms with Crippen molar-refractivity contribution in [2.75, 3.05) is 0 Å². The highest BCUT2D eigenvalue weighted by atomic mass is 16.6. The maximum absolute atomic E-state index is 12.1. The molecule has 0 rings (SSSR count). The Morgan fingerprint density at radius 2 is 1.50 bits per heavy atom. The maximum Gasteiger partial charge on any atom is 0.410 e. The van der Waals surface area contributed by atoms with Gasteiger partial charge in [0.2, 0.25) is 0 Å². The molecule has 1 amide bonds. The van der Waals surface area contributed by atoms with Crippen LogP contribution in [0.5, 0.6) is 0 Å². The molecule has 0 spiro atoms. The van der Waals surface area contributed by atoms with Gasteiger partial charge in [-0.15, -0.1) is 0 Å². The number of carbonyl (C=O) groups is 1. The van der Waals surface area contributed by atoms with Gasteiger partial charge in [0.25, 0.3) is 0 Å².